The molecule has 0 aliphatic rings. The van der Waals surface area contributed by atoms with Gasteiger partial charge in [0.2, 0.25) is 5.91 Å². The van der Waals surface area contributed by atoms with Crippen molar-refractivity contribution in [2.45, 2.75) is 26.4 Å². The van der Waals surface area contributed by atoms with Crippen LogP contribution in [0.25, 0.3) is 0 Å². The summed E-state index contributed by atoms with van der Waals surface area (Å²) in [5, 5.41) is 6.63. The van der Waals surface area contributed by atoms with E-state index in [4.69, 9.17) is 9.47 Å². The molecule has 8 heteroatoms. The van der Waals surface area contributed by atoms with Crippen molar-refractivity contribution in [3.63, 3.8) is 0 Å². The molecule has 0 saturated carbocycles. The van der Waals surface area contributed by atoms with Crippen LogP contribution in [-0.4, -0.2) is 37.8 Å². The second-order valence-corrected chi connectivity index (χ2v) is 7.24. The Hall–Kier alpha value is -2.87. The van der Waals surface area contributed by atoms with Gasteiger partial charge < -0.3 is 14.8 Å². The van der Waals surface area contributed by atoms with Gasteiger partial charge in [-0.3, -0.25) is 9.59 Å². The summed E-state index contributed by atoms with van der Waals surface area (Å²) in [6, 6.07) is 12.3. The number of carbonyl (C=O) groups excluding carboxylic acids is 2. The Bertz CT molecular complexity index is 867. The van der Waals surface area contributed by atoms with E-state index in [0.29, 0.717) is 11.3 Å². The van der Waals surface area contributed by atoms with Crippen molar-refractivity contribution in [2.24, 2.45) is 5.10 Å². The highest BCUT2D eigenvalue weighted by molar-refractivity contribution is 9.10. The van der Waals surface area contributed by atoms with E-state index in [9.17, 15) is 9.59 Å². The van der Waals surface area contributed by atoms with Crippen molar-refractivity contribution in [3.05, 3.63) is 58.1 Å². The van der Waals surface area contributed by atoms with Gasteiger partial charge in [0.05, 0.1) is 23.9 Å². The fourth-order valence-corrected chi connectivity index (χ4v) is 2.81. The van der Waals surface area contributed by atoms with E-state index >= 15 is 0 Å². The standard InChI is InChI=1S/C21H24BrN3O4/c1-14(2)29-19-9-4-15(12-18(19)22)13-24-25-20(26)10-11-23-21(27)16-5-7-17(28-3)8-6-16/h4-9,12-14H,10-11H2,1-3H3,(H,23,27)(H,25,26). The number of hydrogen-bond donors (Lipinski definition) is 2. The first-order valence-electron chi connectivity index (χ1n) is 9.09. The average Bonchev–Trinajstić information content (AvgIpc) is 2.69. The number of halogens is 1. The number of amides is 2. The molecule has 0 spiro atoms. The number of benzene rings is 2. The van der Waals surface area contributed by atoms with E-state index in [1.807, 2.05) is 32.0 Å². The minimum absolute atomic E-state index is 0.0790. The molecule has 0 saturated heterocycles. The van der Waals surface area contributed by atoms with Crippen LogP contribution in [0.1, 0.15) is 36.2 Å². The van der Waals surface area contributed by atoms with Gasteiger partial charge in [0.1, 0.15) is 11.5 Å². The Kier molecular flexibility index (Phi) is 8.67. The van der Waals surface area contributed by atoms with Gasteiger partial charge in [-0.1, -0.05) is 0 Å². The zero-order chi connectivity index (χ0) is 21.2. The SMILES string of the molecule is COc1ccc(C(=O)NCCC(=O)NN=Cc2ccc(OC(C)C)c(Br)c2)cc1. The average molecular weight is 462 g/mol. The van der Waals surface area contributed by atoms with Crippen LogP contribution >= 0.6 is 15.9 Å². The van der Waals surface area contributed by atoms with Crippen LogP contribution in [0.2, 0.25) is 0 Å². The van der Waals surface area contributed by atoms with Crippen LogP contribution < -0.4 is 20.2 Å². The molecule has 2 N–H and O–H groups in total. The second kappa shape index (κ2) is 11.2. The first kappa shape index (κ1) is 22.4. The summed E-state index contributed by atoms with van der Waals surface area (Å²) in [5.41, 5.74) is 3.75. The minimum Gasteiger partial charge on any atom is -0.497 e. The molecular weight excluding hydrogens is 438 g/mol. The predicted octanol–water partition coefficient (Wildman–Crippen LogP) is 3.52. The number of hydrazone groups is 1. The van der Waals surface area contributed by atoms with Crippen LogP contribution in [0.4, 0.5) is 0 Å². The summed E-state index contributed by atoms with van der Waals surface area (Å²) in [6.07, 6.45) is 1.73. The quantitative estimate of drug-likeness (QED) is 0.441. The molecular formula is C21H24BrN3O4. The third kappa shape index (κ3) is 7.57. The highest BCUT2D eigenvalue weighted by Gasteiger charge is 2.07. The maximum atomic E-state index is 12.0. The van der Waals surface area contributed by atoms with Gasteiger partial charge in [-0.05, 0) is 77.8 Å². The van der Waals surface area contributed by atoms with Gasteiger partial charge in [-0.25, -0.2) is 5.43 Å². The third-order valence-corrected chi connectivity index (χ3v) is 4.33. The molecule has 0 aliphatic carbocycles. The monoisotopic (exact) mass is 461 g/mol. The Balaban J connectivity index is 1.75. The Morgan fingerprint density at radius 3 is 2.52 bits per heavy atom. The van der Waals surface area contributed by atoms with Gasteiger partial charge in [0.25, 0.3) is 5.91 Å². The van der Waals surface area contributed by atoms with Crippen molar-refractivity contribution >= 4 is 34.0 Å². The highest BCUT2D eigenvalue weighted by atomic mass is 79.9. The Labute approximate surface area is 178 Å². The molecule has 2 aromatic rings. The predicted molar refractivity (Wildman–Crippen MR) is 116 cm³/mol. The molecule has 7 nitrogen and oxygen atoms in total. The van der Waals surface area contributed by atoms with Gasteiger partial charge in [0.15, 0.2) is 0 Å². The summed E-state index contributed by atoms with van der Waals surface area (Å²) in [7, 11) is 1.56. The number of ether oxygens (including phenoxy) is 2. The van der Waals surface area contributed by atoms with E-state index in [-0.39, 0.29) is 30.9 Å². The normalized spacial score (nSPS) is 10.8. The summed E-state index contributed by atoms with van der Waals surface area (Å²) < 4.78 is 11.5. The number of rotatable bonds is 9. The summed E-state index contributed by atoms with van der Waals surface area (Å²) in [5.74, 6) is 0.870. The first-order chi connectivity index (χ1) is 13.9. The lowest BCUT2D eigenvalue weighted by Crippen LogP contribution is -2.29. The largest absolute Gasteiger partial charge is 0.497 e. The first-order valence-corrected chi connectivity index (χ1v) is 9.88. The fourth-order valence-electron chi connectivity index (χ4n) is 2.32. The molecule has 0 atom stereocenters. The van der Waals surface area contributed by atoms with Gasteiger partial charge in [-0.15, -0.1) is 0 Å². The van der Waals surface area contributed by atoms with Crippen LogP contribution in [0.3, 0.4) is 0 Å². The highest BCUT2D eigenvalue weighted by Crippen LogP contribution is 2.26. The molecule has 2 amide bonds. The smallest absolute Gasteiger partial charge is 0.251 e. The minimum atomic E-state index is -0.296. The van der Waals surface area contributed by atoms with E-state index < -0.39 is 0 Å². The van der Waals surface area contributed by atoms with E-state index in [2.05, 4.69) is 31.8 Å². The lowest BCUT2D eigenvalue weighted by Gasteiger charge is -2.11. The molecule has 0 unspecified atom stereocenters. The summed E-state index contributed by atoms with van der Waals surface area (Å²) in [6.45, 7) is 4.12. The number of nitrogens with zero attached hydrogens (tertiary/aromatic N) is 1. The number of carbonyl (C=O) groups is 2. The van der Waals surface area contributed by atoms with Crippen molar-refractivity contribution < 1.29 is 19.1 Å². The summed E-state index contributed by atoms with van der Waals surface area (Å²) >= 11 is 3.45. The molecule has 0 fully saturated rings. The molecule has 29 heavy (non-hydrogen) atoms. The molecule has 2 aromatic carbocycles. The molecule has 0 heterocycles. The molecule has 0 aliphatic heterocycles. The Morgan fingerprint density at radius 1 is 1.17 bits per heavy atom. The topological polar surface area (TPSA) is 89.0 Å². The zero-order valence-electron chi connectivity index (χ0n) is 16.6. The van der Waals surface area contributed by atoms with E-state index in [1.54, 1.807) is 31.4 Å². The fraction of sp³-hybridized carbons (Fsp3) is 0.286. The lowest BCUT2D eigenvalue weighted by atomic mass is 10.2. The lowest BCUT2D eigenvalue weighted by molar-refractivity contribution is -0.120. The molecule has 2 rings (SSSR count). The van der Waals surface area contributed by atoms with E-state index in [0.717, 1.165) is 15.8 Å². The van der Waals surface area contributed by atoms with Gasteiger partial charge in [0, 0.05) is 18.5 Å². The molecule has 154 valence electrons. The maximum Gasteiger partial charge on any atom is 0.251 e. The zero-order valence-corrected chi connectivity index (χ0v) is 18.2. The summed E-state index contributed by atoms with van der Waals surface area (Å²) in [4.78, 5) is 23.9. The maximum absolute atomic E-state index is 12.0. The van der Waals surface area contributed by atoms with Crippen LogP contribution in [0.15, 0.2) is 52.0 Å². The Morgan fingerprint density at radius 2 is 1.90 bits per heavy atom. The molecule has 0 radical (unpaired) electrons. The second-order valence-electron chi connectivity index (χ2n) is 6.38. The number of hydrogen-bond acceptors (Lipinski definition) is 5. The van der Waals surface area contributed by atoms with E-state index in [1.165, 1.54) is 6.21 Å². The number of nitrogens with one attached hydrogen (secondary N) is 2. The van der Waals surface area contributed by atoms with Crippen LogP contribution in [0, 0.1) is 0 Å². The van der Waals surface area contributed by atoms with Crippen LogP contribution in [0.5, 0.6) is 11.5 Å². The van der Waals surface area contributed by atoms with Crippen molar-refractivity contribution in [3.8, 4) is 11.5 Å². The molecule has 0 bridgehead atoms. The van der Waals surface area contributed by atoms with Crippen LogP contribution in [-0.2, 0) is 4.79 Å². The van der Waals surface area contributed by atoms with Crippen molar-refractivity contribution in [2.75, 3.05) is 13.7 Å². The van der Waals surface area contributed by atoms with Gasteiger partial charge in [-0.2, -0.15) is 5.10 Å². The van der Waals surface area contributed by atoms with Crippen molar-refractivity contribution in [1.82, 2.24) is 10.7 Å². The molecule has 0 aromatic heterocycles. The van der Waals surface area contributed by atoms with Crippen molar-refractivity contribution in [1.29, 1.82) is 0 Å². The number of methoxy groups -OCH3 is 1. The third-order valence-electron chi connectivity index (χ3n) is 3.71. The van der Waals surface area contributed by atoms with Gasteiger partial charge >= 0.3 is 0 Å².